The minimum absolute atomic E-state index is 0.0454. The highest BCUT2D eigenvalue weighted by Gasteiger charge is 2.19. The SMILES string of the molecule is COC(CNC(=O)C(=O)Nc1ccccc1F)c1ccccc1Cl. The number of halogens is 2. The van der Waals surface area contributed by atoms with E-state index in [1.54, 1.807) is 30.3 Å². The molecular formula is C17H16ClFN2O3. The number of anilines is 1. The van der Waals surface area contributed by atoms with Gasteiger partial charge < -0.3 is 15.4 Å². The second kappa shape index (κ2) is 8.42. The van der Waals surface area contributed by atoms with Gasteiger partial charge in [-0.1, -0.05) is 41.9 Å². The Balaban J connectivity index is 1.95. The minimum Gasteiger partial charge on any atom is -0.375 e. The molecule has 2 N–H and O–H groups in total. The molecule has 0 aliphatic heterocycles. The van der Waals surface area contributed by atoms with E-state index in [4.69, 9.17) is 16.3 Å². The van der Waals surface area contributed by atoms with Gasteiger partial charge in [0.05, 0.1) is 5.69 Å². The van der Waals surface area contributed by atoms with Crippen molar-refractivity contribution in [2.24, 2.45) is 0 Å². The lowest BCUT2D eigenvalue weighted by molar-refractivity contribution is -0.136. The number of hydrogen-bond acceptors (Lipinski definition) is 3. The molecule has 0 aromatic heterocycles. The van der Waals surface area contributed by atoms with Gasteiger partial charge in [-0.25, -0.2) is 4.39 Å². The van der Waals surface area contributed by atoms with Crippen molar-refractivity contribution in [3.05, 3.63) is 64.9 Å². The number of hydrogen-bond donors (Lipinski definition) is 2. The van der Waals surface area contributed by atoms with Crippen LogP contribution in [0.4, 0.5) is 10.1 Å². The fourth-order valence-electron chi connectivity index (χ4n) is 2.06. The van der Waals surface area contributed by atoms with Crippen LogP contribution in [0, 0.1) is 5.82 Å². The van der Waals surface area contributed by atoms with E-state index in [1.807, 2.05) is 0 Å². The standard InChI is InChI=1S/C17H16ClFN2O3/c1-24-15(11-6-2-3-7-12(11)18)10-20-16(22)17(23)21-14-9-5-4-8-13(14)19/h2-9,15H,10H2,1H3,(H,20,22)(H,21,23). The summed E-state index contributed by atoms with van der Waals surface area (Å²) < 4.78 is 18.8. The summed E-state index contributed by atoms with van der Waals surface area (Å²) in [7, 11) is 1.47. The van der Waals surface area contributed by atoms with E-state index in [2.05, 4.69) is 10.6 Å². The zero-order valence-corrected chi connectivity index (χ0v) is 13.6. The topological polar surface area (TPSA) is 67.4 Å². The number of para-hydroxylation sites is 1. The third-order valence-corrected chi connectivity index (χ3v) is 3.66. The first-order valence-electron chi connectivity index (χ1n) is 7.14. The zero-order chi connectivity index (χ0) is 17.5. The average molecular weight is 351 g/mol. The summed E-state index contributed by atoms with van der Waals surface area (Å²) in [5.74, 6) is -2.48. The van der Waals surface area contributed by atoms with Gasteiger partial charge in [-0.2, -0.15) is 0 Å². The second-order valence-corrected chi connectivity index (χ2v) is 5.30. The van der Waals surface area contributed by atoms with Crippen molar-refractivity contribution in [2.45, 2.75) is 6.10 Å². The van der Waals surface area contributed by atoms with Crippen molar-refractivity contribution in [3.63, 3.8) is 0 Å². The molecule has 0 saturated heterocycles. The largest absolute Gasteiger partial charge is 0.375 e. The molecule has 24 heavy (non-hydrogen) atoms. The molecule has 7 heteroatoms. The van der Waals surface area contributed by atoms with Crippen LogP contribution in [0.25, 0.3) is 0 Å². The summed E-state index contributed by atoms with van der Waals surface area (Å²) >= 11 is 6.09. The number of benzene rings is 2. The van der Waals surface area contributed by atoms with Gasteiger partial charge in [-0.05, 0) is 18.2 Å². The quantitative estimate of drug-likeness (QED) is 0.815. The van der Waals surface area contributed by atoms with Gasteiger partial charge in [-0.15, -0.1) is 0 Å². The molecule has 2 aromatic carbocycles. The highest BCUT2D eigenvalue weighted by atomic mass is 35.5. The molecule has 0 radical (unpaired) electrons. The van der Waals surface area contributed by atoms with Crippen LogP contribution in [-0.2, 0) is 14.3 Å². The summed E-state index contributed by atoms with van der Waals surface area (Å²) in [5, 5.41) is 5.15. The van der Waals surface area contributed by atoms with E-state index in [1.165, 1.54) is 25.3 Å². The van der Waals surface area contributed by atoms with E-state index < -0.39 is 23.7 Å². The smallest absolute Gasteiger partial charge is 0.313 e. The summed E-state index contributed by atoms with van der Waals surface area (Å²) in [6, 6.07) is 12.6. The first-order chi connectivity index (χ1) is 11.5. The number of amides is 2. The summed E-state index contributed by atoms with van der Waals surface area (Å²) in [6.45, 7) is 0.0454. The van der Waals surface area contributed by atoms with Crippen molar-refractivity contribution in [1.29, 1.82) is 0 Å². The Morgan fingerprint density at radius 2 is 1.79 bits per heavy atom. The predicted molar refractivity (Wildman–Crippen MR) is 89.2 cm³/mol. The maximum Gasteiger partial charge on any atom is 0.313 e. The fraction of sp³-hybridized carbons (Fsp3) is 0.176. The van der Waals surface area contributed by atoms with Gasteiger partial charge >= 0.3 is 11.8 Å². The number of carbonyl (C=O) groups excluding carboxylic acids is 2. The molecule has 2 rings (SSSR count). The number of ether oxygens (including phenoxy) is 1. The maximum atomic E-state index is 13.5. The predicted octanol–water partition coefficient (Wildman–Crippen LogP) is 2.92. The summed E-state index contributed by atoms with van der Waals surface area (Å²) in [6.07, 6.45) is -0.510. The Labute approximate surface area is 143 Å². The van der Waals surface area contributed by atoms with Crippen molar-refractivity contribution in [2.75, 3.05) is 19.0 Å². The van der Waals surface area contributed by atoms with Gasteiger partial charge in [0, 0.05) is 24.2 Å². The molecule has 0 aliphatic carbocycles. The van der Waals surface area contributed by atoms with E-state index in [0.29, 0.717) is 10.6 Å². The molecule has 0 bridgehead atoms. The van der Waals surface area contributed by atoms with Gasteiger partial charge in [-0.3, -0.25) is 9.59 Å². The number of rotatable bonds is 5. The molecule has 5 nitrogen and oxygen atoms in total. The molecule has 0 aliphatic rings. The molecular weight excluding hydrogens is 335 g/mol. The van der Waals surface area contributed by atoms with Crippen LogP contribution in [0.3, 0.4) is 0 Å². The molecule has 0 saturated carbocycles. The molecule has 0 heterocycles. The Bertz CT molecular complexity index is 739. The Morgan fingerprint density at radius 1 is 1.12 bits per heavy atom. The van der Waals surface area contributed by atoms with Crippen LogP contribution in [0.15, 0.2) is 48.5 Å². The molecule has 126 valence electrons. The molecule has 2 amide bonds. The maximum absolute atomic E-state index is 13.5. The van der Waals surface area contributed by atoms with Crippen molar-refractivity contribution >= 4 is 29.1 Å². The van der Waals surface area contributed by atoms with Gasteiger partial charge in [0.15, 0.2) is 0 Å². The normalized spacial score (nSPS) is 11.6. The van der Waals surface area contributed by atoms with Crippen LogP contribution in [0.1, 0.15) is 11.7 Å². The lowest BCUT2D eigenvalue weighted by Crippen LogP contribution is -2.38. The van der Waals surface area contributed by atoms with E-state index >= 15 is 0 Å². The number of nitrogens with one attached hydrogen (secondary N) is 2. The first-order valence-corrected chi connectivity index (χ1v) is 7.51. The van der Waals surface area contributed by atoms with Crippen molar-refractivity contribution < 1.29 is 18.7 Å². The highest BCUT2D eigenvalue weighted by Crippen LogP contribution is 2.24. The van der Waals surface area contributed by atoms with Crippen LogP contribution >= 0.6 is 11.6 Å². The Morgan fingerprint density at radius 3 is 2.46 bits per heavy atom. The molecule has 0 fully saturated rings. The second-order valence-electron chi connectivity index (χ2n) is 4.89. The van der Waals surface area contributed by atoms with E-state index in [9.17, 15) is 14.0 Å². The van der Waals surface area contributed by atoms with Crippen LogP contribution in [0.2, 0.25) is 5.02 Å². The number of carbonyl (C=O) groups is 2. The first kappa shape index (κ1) is 17.9. The fourth-order valence-corrected chi connectivity index (χ4v) is 2.32. The van der Waals surface area contributed by atoms with Crippen LogP contribution in [-0.4, -0.2) is 25.5 Å². The lowest BCUT2D eigenvalue weighted by Gasteiger charge is -2.17. The Hall–Kier alpha value is -2.44. The monoisotopic (exact) mass is 350 g/mol. The lowest BCUT2D eigenvalue weighted by atomic mass is 10.1. The zero-order valence-electron chi connectivity index (χ0n) is 12.9. The van der Waals surface area contributed by atoms with Gasteiger partial charge in [0.25, 0.3) is 0 Å². The molecule has 1 unspecified atom stereocenters. The van der Waals surface area contributed by atoms with E-state index in [0.717, 1.165) is 0 Å². The third kappa shape index (κ3) is 4.53. The van der Waals surface area contributed by atoms with Crippen molar-refractivity contribution in [1.82, 2.24) is 5.32 Å². The summed E-state index contributed by atoms with van der Waals surface area (Å²) in [4.78, 5) is 23.7. The van der Waals surface area contributed by atoms with Crippen LogP contribution < -0.4 is 10.6 Å². The number of methoxy groups -OCH3 is 1. The van der Waals surface area contributed by atoms with Gasteiger partial charge in [0.2, 0.25) is 0 Å². The molecule has 2 aromatic rings. The summed E-state index contributed by atoms with van der Waals surface area (Å²) in [5.41, 5.74) is 0.628. The van der Waals surface area contributed by atoms with E-state index in [-0.39, 0.29) is 12.2 Å². The highest BCUT2D eigenvalue weighted by molar-refractivity contribution is 6.39. The minimum atomic E-state index is -0.964. The van der Waals surface area contributed by atoms with Crippen molar-refractivity contribution in [3.8, 4) is 0 Å². The third-order valence-electron chi connectivity index (χ3n) is 3.31. The Kier molecular flexibility index (Phi) is 6.28. The van der Waals surface area contributed by atoms with Gasteiger partial charge in [0.1, 0.15) is 11.9 Å². The molecule has 0 spiro atoms. The average Bonchev–Trinajstić information content (AvgIpc) is 2.58. The molecule has 1 atom stereocenters. The van der Waals surface area contributed by atoms with Crippen LogP contribution in [0.5, 0.6) is 0 Å².